The van der Waals surface area contributed by atoms with Crippen LogP contribution < -0.4 is 0 Å². The third-order valence-corrected chi connectivity index (χ3v) is 2.14. The first-order valence-electron chi connectivity index (χ1n) is 3.41. The molecule has 2 nitrogen and oxygen atoms in total. The fourth-order valence-corrected chi connectivity index (χ4v) is 1.13. The fourth-order valence-electron chi connectivity index (χ4n) is 0.881. The van der Waals surface area contributed by atoms with Crippen LogP contribution in [-0.4, -0.2) is 9.55 Å². The molecular weight excluding hydrogens is 144 g/mol. The van der Waals surface area contributed by atoms with Gasteiger partial charge in [0.05, 0.1) is 5.25 Å². The third kappa shape index (κ3) is 1.34. The largest absolute Gasteiger partial charge is 0.337 e. The van der Waals surface area contributed by atoms with Crippen molar-refractivity contribution >= 4 is 12.6 Å². The predicted octanol–water partition coefficient (Wildman–Crippen LogP) is 1.80. The molecule has 1 heterocycles. The van der Waals surface area contributed by atoms with E-state index in [-0.39, 0.29) is 5.25 Å². The first-order valence-corrected chi connectivity index (χ1v) is 3.92. The molecule has 0 fully saturated rings. The van der Waals surface area contributed by atoms with Crippen molar-refractivity contribution in [2.24, 2.45) is 7.05 Å². The number of hydrogen-bond acceptors (Lipinski definition) is 2. The van der Waals surface area contributed by atoms with Crippen LogP contribution in [0.1, 0.15) is 24.4 Å². The predicted molar refractivity (Wildman–Crippen MR) is 45.2 cm³/mol. The quantitative estimate of drug-likeness (QED) is 0.646. The highest BCUT2D eigenvalue weighted by Crippen LogP contribution is 2.19. The van der Waals surface area contributed by atoms with E-state index in [0.29, 0.717) is 0 Å². The molecule has 0 N–H and O–H groups in total. The number of hydrogen-bond donors (Lipinski definition) is 1. The molecule has 0 radical (unpaired) electrons. The topological polar surface area (TPSA) is 17.8 Å². The van der Waals surface area contributed by atoms with E-state index in [0.717, 1.165) is 12.2 Å². The number of aryl methyl sites for hydroxylation is 1. The SMILES string of the molecule is CCC(S)c1nccn1C. The van der Waals surface area contributed by atoms with Gasteiger partial charge in [0.15, 0.2) is 0 Å². The zero-order chi connectivity index (χ0) is 7.56. The van der Waals surface area contributed by atoms with Gasteiger partial charge < -0.3 is 4.57 Å². The zero-order valence-electron chi connectivity index (χ0n) is 6.28. The number of imidazole rings is 1. The Labute approximate surface area is 66.7 Å². The first kappa shape index (κ1) is 7.66. The summed E-state index contributed by atoms with van der Waals surface area (Å²) in [5, 5.41) is 0.278. The van der Waals surface area contributed by atoms with E-state index in [1.165, 1.54) is 0 Å². The number of thiol groups is 1. The van der Waals surface area contributed by atoms with Crippen LogP contribution in [0.2, 0.25) is 0 Å². The van der Waals surface area contributed by atoms with Crippen LogP contribution in [0.5, 0.6) is 0 Å². The zero-order valence-corrected chi connectivity index (χ0v) is 7.18. The van der Waals surface area contributed by atoms with Gasteiger partial charge in [-0.2, -0.15) is 12.6 Å². The molecule has 0 amide bonds. The van der Waals surface area contributed by atoms with Gasteiger partial charge in [0.25, 0.3) is 0 Å². The van der Waals surface area contributed by atoms with Gasteiger partial charge in [-0.3, -0.25) is 0 Å². The molecular formula is C7H12N2S. The van der Waals surface area contributed by atoms with Gasteiger partial charge in [-0.1, -0.05) is 6.92 Å². The summed E-state index contributed by atoms with van der Waals surface area (Å²) in [6.45, 7) is 2.10. The maximum Gasteiger partial charge on any atom is 0.121 e. The summed E-state index contributed by atoms with van der Waals surface area (Å²) in [6, 6.07) is 0. The average molecular weight is 156 g/mol. The smallest absolute Gasteiger partial charge is 0.121 e. The molecule has 0 saturated carbocycles. The van der Waals surface area contributed by atoms with Crippen molar-refractivity contribution in [3.05, 3.63) is 18.2 Å². The number of rotatable bonds is 2. The van der Waals surface area contributed by atoms with Crippen LogP contribution in [0.15, 0.2) is 12.4 Å². The fraction of sp³-hybridized carbons (Fsp3) is 0.571. The molecule has 0 spiro atoms. The van der Waals surface area contributed by atoms with Crippen LogP contribution in [0.4, 0.5) is 0 Å². The molecule has 10 heavy (non-hydrogen) atoms. The van der Waals surface area contributed by atoms with E-state index in [4.69, 9.17) is 0 Å². The average Bonchev–Trinajstić information content (AvgIpc) is 2.34. The minimum Gasteiger partial charge on any atom is -0.337 e. The van der Waals surface area contributed by atoms with Crippen molar-refractivity contribution < 1.29 is 0 Å². The highest BCUT2D eigenvalue weighted by Gasteiger charge is 2.06. The second kappa shape index (κ2) is 3.10. The van der Waals surface area contributed by atoms with Crippen molar-refractivity contribution in [1.82, 2.24) is 9.55 Å². The molecule has 1 rings (SSSR count). The Morgan fingerprint density at radius 1 is 1.80 bits per heavy atom. The Bertz CT molecular complexity index is 207. The second-order valence-electron chi connectivity index (χ2n) is 2.32. The molecule has 1 aromatic heterocycles. The highest BCUT2D eigenvalue weighted by atomic mass is 32.1. The Balaban J connectivity index is 2.82. The maximum atomic E-state index is 4.37. The monoisotopic (exact) mass is 156 g/mol. The third-order valence-electron chi connectivity index (χ3n) is 1.54. The van der Waals surface area contributed by atoms with Gasteiger partial charge in [-0.15, -0.1) is 0 Å². The summed E-state index contributed by atoms with van der Waals surface area (Å²) >= 11 is 4.37. The Kier molecular flexibility index (Phi) is 2.38. The van der Waals surface area contributed by atoms with Gasteiger partial charge in [0.1, 0.15) is 5.82 Å². The molecule has 0 aliphatic rings. The van der Waals surface area contributed by atoms with E-state index >= 15 is 0 Å². The molecule has 0 aromatic carbocycles. The van der Waals surface area contributed by atoms with E-state index in [1.807, 2.05) is 17.8 Å². The molecule has 0 aliphatic carbocycles. The number of aromatic nitrogens is 2. The Morgan fingerprint density at radius 2 is 2.50 bits per heavy atom. The minimum atomic E-state index is 0.278. The highest BCUT2D eigenvalue weighted by molar-refractivity contribution is 7.80. The molecule has 1 aromatic rings. The van der Waals surface area contributed by atoms with Crippen LogP contribution in [0, 0.1) is 0 Å². The normalized spacial score (nSPS) is 13.5. The van der Waals surface area contributed by atoms with Crippen molar-refractivity contribution in [2.45, 2.75) is 18.6 Å². The standard InChI is InChI=1S/C7H12N2S/c1-3-6(10)7-8-4-5-9(7)2/h4-6,10H,3H2,1-2H3. The van der Waals surface area contributed by atoms with E-state index in [2.05, 4.69) is 24.5 Å². The lowest BCUT2D eigenvalue weighted by atomic mass is 10.3. The second-order valence-corrected chi connectivity index (χ2v) is 2.94. The maximum absolute atomic E-state index is 4.37. The molecule has 0 aliphatic heterocycles. The van der Waals surface area contributed by atoms with E-state index in [1.54, 1.807) is 6.20 Å². The summed E-state index contributed by atoms with van der Waals surface area (Å²) in [5.74, 6) is 1.05. The van der Waals surface area contributed by atoms with Crippen LogP contribution in [-0.2, 0) is 7.05 Å². The van der Waals surface area contributed by atoms with Crippen LogP contribution in [0.3, 0.4) is 0 Å². The summed E-state index contributed by atoms with van der Waals surface area (Å²) in [5.41, 5.74) is 0. The molecule has 0 bridgehead atoms. The Hall–Kier alpha value is -0.440. The molecule has 3 heteroatoms. The van der Waals surface area contributed by atoms with Crippen LogP contribution in [0.25, 0.3) is 0 Å². The van der Waals surface area contributed by atoms with Gasteiger partial charge >= 0.3 is 0 Å². The molecule has 0 saturated heterocycles. The summed E-state index contributed by atoms with van der Waals surface area (Å²) in [4.78, 5) is 4.17. The molecule has 1 unspecified atom stereocenters. The lowest BCUT2D eigenvalue weighted by Gasteiger charge is -2.06. The van der Waals surface area contributed by atoms with E-state index < -0.39 is 0 Å². The van der Waals surface area contributed by atoms with Gasteiger partial charge in [-0.05, 0) is 6.42 Å². The van der Waals surface area contributed by atoms with Gasteiger partial charge in [0, 0.05) is 19.4 Å². The summed E-state index contributed by atoms with van der Waals surface area (Å²) in [6.07, 6.45) is 4.76. The minimum absolute atomic E-state index is 0.278. The van der Waals surface area contributed by atoms with Crippen molar-refractivity contribution in [1.29, 1.82) is 0 Å². The van der Waals surface area contributed by atoms with Crippen molar-refractivity contribution in [2.75, 3.05) is 0 Å². The van der Waals surface area contributed by atoms with Gasteiger partial charge in [0.2, 0.25) is 0 Å². The number of nitrogens with zero attached hydrogens (tertiary/aromatic N) is 2. The van der Waals surface area contributed by atoms with Crippen molar-refractivity contribution in [3.8, 4) is 0 Å². The summed E-state index contributed by atoms with van der Waals surface area (Å²) in [7, 11) is 1.99. The molecule has 56 valence electrons. The van der Waals surface area contributed by atoms with E-state index in [9.17, 15) is 0 Å². The lowest BCUT2D eigenvalue weighted by Crippen LogP contribution is -1.98. The Morgan fingerprint density at radius 3 is 2.90 bits per heavy atom. The van der Waals surface area contributed by atoms with Crippen molar-refractivity contribution in [3.63, 3.8) is 0 Å². The first-order chi connectivity index (χ1) is 4.75. The molecule has 1 atom stereocenters. The van der Waals surface area contributed by atoms with Crippen LogP contribution >= 0.6 is 12.6 Å². The van der Waals surface area contributed by atoms with Gasteiger partial charge in [-0.25, -0.2) is 4.98 Å². The lowest BCUT2D eigenvalue weighted by molar-refractivity contribution is 0.748. The summed E-state index contributed by atoms with van der Waals surface area (Å²) < 4.78 is 2.00.